The molecular weight excluding hydrogens is 300 g/mol. The Balaban J connectivity index is 2.02. The van der Waals surface area contributed by atoms with Crippen molar-refractivity contribution in [2.24, 2.45) is 0 Å². The van der Waals surface area contributed by atoms with E-state index in [1.807, 2.05) is 47.4 Å². The lowest BCUT2D eigenvalue weighted by Gasteiger charge is -2.16. The van der Waals surface area contributed by atoms with Gasteiger partial charge in [-0.25, -0.2) is 4.79 Å². The molecule has 5 nitrogen and oxygen atoms in total. The molecule has 1 aromatic carbocycles. The number of nitrogens with one attached hydrogen (secondary N) is 1. The fourth-order valence-corrected chi connectivity index (χ4v) is 2.77. The molecule has 22 heavy (non-hydrogen) atoms. The number of hydrogen-bond donors (Lipinski definition) is 1. The molecular formula is C16H20N2O3S. The molecule has 1 aromatic heterocycles. The van der Waals surface area contributed by atoms with Gasteiger partial charge in [0.15, 0.2) is 0 Å². The molecule has 0 spiro atoms. The van der Waals surface area contributed by atoms with Crippen LogP contribution in [0.1, 0.15) is 6.42 Å². The van der Waals surface area contributed by atoms with Crippen LogP contribution in [0.3, 0.4) is 0 Å². The van der Waals surface area contributed by atoms with Gasteiger partial charge in [-0.2, -0.15) is 11.8 Å². The Kier molecular flexibility index (Phi) is 5.89. The van der Waals surface area contributed by atoms with Crippen LogP contribution in [0, 0.1) is 0 Å². The minimum Gasteiger partial charge on any atom is -0.467 e. The number of amides is 1. The van der Waals surface area contributed by atoms with Gasteiger partial charge in [-0.1, -0.05) is 18.2 Å². The molecule has 0 fully saturated rings. The zero-order valence-electron chi connectivity index (χ0n) is 12.7. The maximum absolute atomic E-state index is 12.2. The highest BCUT2D eigenvalue weighted by atomic mass is 32.2. The third-order valence-corrected chi connectivity index (χ3v) is 4.07. The highest BCUT2D eigenvalue weighted by Gasteiger charge is 2.21. The number of thioether (sulfide) groups is 1. The summed E-state index contributed by atoms with van der Waals surface area (Å²) in [4.78, 5) is 23.9. The number of methoxy groups -OCH3 is 1. The van der Waals surface area contributed by atoms with Crippen molar-refractivity contribution in [3.63, 3.8) is 0 Å². The van der Waals surface area contributed by atoms with Crippen LogP contribution in [0.25, 0.3) is 10.9 Å². The zero-order chi connectivity index (χ0) is 15.9. The van der Waals surface area contributed by atoms with Crippen LogP contribution >= 0.6 is 11.8 Å². The van der Waals surface area contributed by atoms with Gasteiger partial charge < -0.3 is 14.6 Å². The Hall–Kier alpha value is -1.95. The number of para-hydroxylation sites is 1. The molecule has 2 rings (SSSR count). The molecule has 0 aliphatic rings. The van der Waals surface area contributed by atoms with Gasteiger partial charge in [0.1, 0.15) is 12.6 Å². The van der Waals surface area contributed by atoms with Crippen molar-refractivity contribution in [1.29, 1.82) is 0 Å². The Bertz CT molecular complexity index is 654. The van der Waals surface area contributed by atoms with Gasteiger partial charge in [-0.15, -0.1) is 0 Å². The summed E-state index contributed by atoms with van der Waals surface area (Å²) in [5, 5.41) is 3.84. The van der Waals surface area contributed by atoms with Gasteiger partial charge in [0.05, 0.1) is 7.11 Å². The first-order valence-corrected chi connectivity index (χ1v) is 8.45. The number of aromatic nitrogens is 1. The van der Waals surface area contributed by atoms with E-state index in [0.29, 0.717) is 6.42 Å². The molecule has 2 aromatic rings. The first-order valence-electron chi connectivity index (χ1n) is 7.05. The number of carbonyl (C=O) groups is 2. The molecule has 1 heterocycles. The molecule has 1 atom stereocenters. The average molecular weight is 320 g/mol. The van der Waals surface area contributed by atoms with Gasteiger partial charge >= 0.3 is 5.97 Å². The smallest absolute Gasteiger partial charge is 0.328 e. The lowest BCUT2D eigenvalue weighted by Crippen LogP contribution is -2.43. The monoisotopic (exact) mass is 320 g/mol. The SMILES string of the molecule is COC(=O)[C@@H](CCSC)NC(=O)Cn1ccc2ccccc21. The molecule has 118 valence electrons. The second-order valence-electron chi connectivity index (χ2n) is 4.93. The number of rotatable bonds is 7. The molecule has 0 unspecified atom stereocenters. The number of nitrogens with zero attached hydrogens (tertiary/aromatic N) is 1. The van der Waals surface area contributed by atoms with Crippen LogP contribution in [0.4, 0.5) is 0 Å². The van der Waals surface area contributed by atoms with E-state index in [2.05, 4.69) is 5.32 Å². The van der Waals surface area contributed by atoms with Crippen molar-refractivity contribution < 1.29 is 14.3 Å². The zero-order valence-corrected chi connectivity index (χ0v) is 13.6. The summed E-state index contributed by atoms with van der Waals surface area (Å²) in [6.45, 7) is 0.181. The number of carbonyl (C=O) groups excluding carboxylic acids is 2. The minimum absolute atomic E-state index is 0.181. The third kappa shape index (κ3) is 4.04. The van der Waals surface area contributed by atoms with Crippen LogP contribution in [0.5, 0.6) is 0 Å². The lowest BCUT2D eigenvalue weighted by atomic mass is 10.2. The van der Waals surface area contributed by atoms with Crippen LogP contribution in [0.15, 0.2) is 36.5 Å². The summed E-state index contributed by atoms with van der Waals surface area (Å²) in [5.74, 6) is 0.185. The topological polar surface area (TPSA) is 60.3 Å². The van der Waals surface area contributed by atoms with Crippen molar-refractivity contribution in [1.82, 2.24) is 9.88 Å². The second-order valence-corrected chi connectivity index (χ2v) is 5.91. The highest BCUT2D eigenvalue weighted by molar-refractivity contribution is 7.98. The highest BCUT2D eigenvalue weighted by Crippen LogP contribution is 2.14. The van der Waals surface area contributed by atoms with Gasteiger partial charge in [-0.05, 0) is 35.9 Å². The largest absolute Gasteiger partial charge is 0.467 e. The van der Waals surface area contributed by atoms with Crippen molar-refractivity contribution in [3.8, 4) is 0 Å². The second kappa shape index (κ2) is 7.89. The Morgan fingerprint density at radius 2 is 2.09 bits per heavy atom. The van der Waals surface area contributed by atoms with Gasteiger partial charge in [-0.3, -0.25) is 4.79 Å². The molecule has 1 amide bonds. The van der Waals surface area contributed by atoms with Crippen LogP contribution < -0.4 is 5.32 Å². The third-order valence-electron chi connectivity index (χ3n) is 3.43. The Morgan fingerprint density at radius 3 is 2.82 bits per heavy atom. The van der Waals surface area contributed by atoms with Gasteiger partial charge in [0.2, 0.25) is 5.91 Å². The maximum Gasteiger partial charge on any atom is 0.328 e. The first kappa shape index (κ1) is 16.4. The first-order chi connectivity index (χ1) is 10.7. The molecule has 1 N–H and O–H groups in total. The minimum atomic E-state index is -0.591. The number of ether oxygens (including phenoxy) is 1. The van der Waals surface area contributed by atoms with Crippen molar-refractivity contribution in [2.75, 3.05) is 19.1 Å². The lowest BCUT2D eigenvalue weighted by molar-refractivity contribution is -0.145. The van der Waals surface area contributed by atoms with Crippen molar-refractivity contribution in [2.45, 2.75) is 19.0 Å². The number of benzene rings is 1. The summed E-state index contributed by atoms with van der Waals surface area (Å²) in [6, 6.07) is 9.24. The number of hydrogen-bond acceptors (Lipinski definition) is 4. The Morgan fingerprint density at radius 1 is 1.32 bits per heavy atom. The van der Waals surface area contributed by atoms with E-state index >= 15 is 0 Å². The molecule has 0 bridgehead atoms. The van der Waals surface area contributed by atoms with Crippen molar-refractivity contribution >= 4 is 34.5 Å². The quantitative estimate of drug-likeness (QED) is 0.793. The number of fused-ring (bicyclic) bond motifs is 1. The van der Waals surface area contributed by atoms with E-state index in [-0.39, 0.29) is 12.5 Å². The summed E-state index contributed by atoms with van der Waals surface area (Å²) < 4.78 is 6.61. The van der Waals surface area contributed by atoms with Gasteiger partial charge in [0.25, 0.3) is 0 Å². The van der Waals surface area contributed by atoms with E-state index in [9.17, 15) is 9.59 Å². The molecule has 6 heteroatoms. The van der Waals surface area contributed by atoms with E-state index in [4.69, 9.17) is 4.74 Å². The predicted octanol–water partition coefficient (Wildman–Crippen LogP) is 2.05. The summed E-state index contributed by atoms with van der Waals surface area (Å²) in [7, 11) is 1.33. The fraction of sp³-hybridized carbons (Fsp3) is 0.375. The standard InChI is InChI=1S/C16H20N2O3S/c1-21-16(20)13(8-10-22-2)17-15(19)11-18-9-7-12-5-3-4-6-14(12)18/h3-7,9,13H,8,10-11H2,1-2H3,(H,17,19)/t13-/m1/s1. The van der Waals surface area contributed by atoms with Crippen LogP contribution in [0.2, 0.25) is 0 Å². The molecule has 0 saturated heterocycles. The average Bonchev–Trinajstić information content (AvgIpc) is 2.93. The van der Waals surface area contributed by atoms with E-state index in [0.717, 1.165) is 16.7 Å². The normalized spacial score (nSPS) is 12.1. The molecule has 0 aliphatic heterocycles. The van der Waals surface area contributed by atoms with Gasteiger partial charge in [0, 0.05) is 11.7 Å². The number of esters is 1. The molecule has 0 radical (unpaired) electrons. The summed E-state index contributed by atoms with van der Waals surface area (Å²) >= 11 is 1.63. The maximum atomic E-state index is 12.2. The van der Waals surface area contributed by atoms with E-state index in [1.165, 1.54) is 7.11 Å². The summed E-state index contributed by atoms with van der Waals surface area (Å²) in [5.41, 5.74) is 0.997. The van der Waals surface area contributed by atoms with Crippen LogP contribution in [-0.2, 0) is 20.9 Å². The Labute approximate surface area is 134 Å². The predicted molar refractivity (Wildman–Crippen MR) is 88.9 cm³/mol. The summed E-state index contributed by atoms with van der Waals surface area (Å²) in [6.07, 6.45) is 4.40. The molecule has 0 aliphatic carbocycles. The van der Waals surface area contributed by atoms with E-state index < -0.39 is 12.0 Å². The van der Waals surface area contributed by atoms with E-state index in [1.54, 1.807) is 11.8 Å². The molecule has 0 saturated carbocycles. The fourth-order valence-electron chi connectivity index (χ4n) is 2.30. The van der Waals surface area contributed by atoms with Crippen molar-refractivity contribution in [3.05, 3.63) is 36.5 Å². The van der Waals surface area contributed by atoms with Crippen LogP contribution in [-0.4, -0.2) is 41.6 Å².